The van der Waals surface area contributed by atoms with Crippen LogP contribution in [-0.2, 0) is 0 Å². The number of aliphatic hydroxyl groups excluding tert-OH is 1. The molecule has 0 saturated carbocycles. The van der Waals surface area contributed by atoms with Crippen LogP contribution in [0.4, 0.5) is 5.69 Å². The molecule has 10 nitrogen and oxygen atoms in total. The van der Waals surface area contributed by atoms with Crippen molar-refractivity contribution in [1.82, 2.24) is 5.32 Å². The molecule has 8 N–H and O–H groups in total. The van der Waals surface area contributed by atoms with E-state index < -0.39 is 40.7 Å². The second kappa shape index (κ2) is 9.70. The highest BCUT2D eigenvalue weighted by Crippen LogP contribution is 2.47. The third kappa shape index (κ3) is 4.92. The summed E-state index contributed by atoms with van der Waals surface area (Å²) in [5, 5.41) is 57.9. The van der Waals surface area contributed by atoms with Crippen LogP contribution in [-0.4, -0.2) is 58.0 Å². The number of amides is 2. The van der Waals surface area contributed by atoms with Crippen LogP contribution < -0.4 is 16.0 Å². The minimum Gasteiger partial charge on any atom is -0.507 e. The highest BCUT2D eigenvalue weighted by molar-refractivity contribution is 6.08. The molecule has 0 heterocycles. The van der Waals surface area contributed by atoms with Gasteiger partial charge in [-0.05, 0) is 35.4 Å². The Morgan fingerprint density at radius 3 is 2.19 bits per heavy atom. The molecule has 0 fully saturated rings. The Labute approximate surface area is 214 Å². The fourth-order valence-corrected chi connectivity index (χ4v) is 4.43. The van der Waals surface area contributed by atoms with Crippen molar-refractivity contribution >= 4 is 28.3 Å². The molecular weight excluding hydrogens is 478 g/mol. The number of carbonyl (C=O) groups is 2. The molecule has 1 atom stereocenters. The summed E-state index contributed by atoms with van der Waals surface area (Å²) < 4.78 is 0. The number of phenolic OH excluding ortho intramolecular Hbond substituents is 2. The van der Waals surface area contributed by atoms with E-state index in [1.165, 1.54) is 11.0 Å². The fourth-order valence-electron chi connectivity index (χ4n) is 4.43. The minimum atomic E-state index is -1.66. The highest BCUT2D eigenvalue weighted by atomic mass is 16.3. The molecule has 3 aromatic rings. The fraction of sp³-hybridized carbons (Fsp3) is 0.333. The van der Waals surface area contributed by atoms with E-state index in [4.69, 9.17) is 5.73 Å². The van der Waals surface area contributed by atoms with Crippen molar-refractivity contribution in [2.45, 2.75) is 33.8 Å². The summed E-state index contributed by atoms with van der Waals surface area (Å²) in [6.07, 6.45) is -1.66. The summed E-state index contributed by atoms with van der Waals surface area (Å²) in [4.78, 5) is 26.7. The molecule has 0 aliphatic heterocycles. The number of rotatable bonds is 6. The van der Waals surface area contributed by atoms with Gasteiger partial charge in [0.2, 0.25) is 0 Å². The van der Waals surface area contributed by atoms with Crippen molar-refractivity contribution in [2.24, 2.45) is 11.1 Å². The third-order valence-corrected chi connectivity index (χ3v) is 6.14. The van der Waals surface area contributed by atoms with E-state index >= 15 is 0 Å². The first-order valence-corrected chi connectivity index (χ1v) is 11.6. The van der Waals surface area contributed by atoms with Crippen molar-refractivity contribution in [2.75, 3.05) is 25.5 Å². The summed E-state index contributed by atoms with van der Waals surface area (Å²) in [5.41, 5.74) is 4.54. The van der Waals surface area contributed by atoms with Gasteiger partial charge in [-0.2, -0.15) is 0 Å². The number of hydrogen-bond acceptors (Lipinski definition) is 8. The standard InChI is InChI=1S/C27H33N3O7/c1-12-13-8-7-9-15(31)18(13)23(34)20(26(37)29-11-27(2,3)4)17(12)22(33)14-10-16(32)19(25(28)36)24(35)21(14)30(5)6/h7-10,22,31-35H,11H2,1-6H3,(H2,28,36)(H,29,37). The van der Waals surface area contributed by atoms with Crippen molar-refractivity contribution < 1.29 is 35.1 Å². The Hall–Kier alpha value is -4.18. The molecule has 0 bridgehead atoms. The molecule has 1 unspecified atom stereocenters. The predicted molar refractivity (Wildman–Crippen MR) is 140 cm³/mol. The van der Waals surface area contributed by atoms with Gasteiger partial charge in [0.1, 0.15) is 28.9 Å². The van der Waals surface area contributed by atoms with E-state index in [0.29, 0.717) is 10.9 Å². The van der Waals surface area contributed by atoms with Gasteiger partial charge < -0.3 is 41.5 Å². The Kier molecular flexibility index (Phi) is 7.19. The number of aromatic hydroxyl groups is 4. The summed E-state index contributed by atoms with van der Waals surface area (Å²) in [6, 6.07) is 5.64. The molecule has 2 amide bonds. The molecule has 0 radical (unpaired) electrons. The number of nitrogens with zero attached hydrogens (tertiary/aromatic N) is 1. The maximum Gasteiger partial charge on any atom is 0.256 e. The monoisotopic (exact) mass is 511 g/mol. The number of carbonyl (C=O) groups excluding carboxylic acids is 2. The van der Waals surface area contributed by atoms with Gasteiger partial charge in [-0.15, -0.1) is 0 Å². The zero-order valence-corrected chi connectivity index (χ0v) is 21.7. The highest BCUT2D eigenvalue weighted by Gasteiger charge is 2.33. The van der Waals surface area contributed by atoms with Crippen molar-refractivity contribution in [3.8, 4) is 23.0 Å². The number of hydrogen-bond donors (Lipinski definition) is 7. The van der Waals surface area contributed by atoms with Gasteiger partial charge in [-0.1, -0.05) is 32.9 Å². The number of phenols is 4. The Morgan fingerprint density at radius 2 is 1.65 bits per heavy atom. The van der Waals surface area contributed by atoms with Gasteiger partial charge in [0.25, 0.3) is 11.8 Å². The molecule has 3 rings (SSSR count). The molecule has 37 heavy (non-hydrogen) atoms. The summed E-state index contributed by atoms with van der Waals surface area (Å²) in [7, 11) is 3.10. The summed E-state index contributed by atoms with van der Waals surface area (Å²) in [6.45, 7) is 7.60. The van der Waals surface area contributed by atoms with Gasteiger partial charge in [-0.25, -0.2) is 0 Å². The van der Waals surface area contributed by atoms with Crippen LogP contribution in [0, 0.1) is 12.3 Å². The van der Waals surface area contributed by atoms with Gasteiger partial charge in [0.15, 0.2) is 5.75 Å². The average Bonchev–Trinajstić information content (AvgIpc) is 2.77. The van der Waals surface area contributed by atoms with E-state index in [1.807, 2.05) is 20.8 Å². The van der Waals surface area contributed by atoms with Gasteiger partial charge in [0.05, 0.1) is 16.6 Å². The number of aliphatic hydroxyl groups is 1. The van der Waals surface area contributed by atoms with E-state index in [1.54, 1.807) is 33.2 Å². The normalized spacial score (nSPS) is 12.4. The summed E-state index contributed by atoms with van der Waals surface area (Å²) >= 11 is 0. The number of nitrogens with one attached hydrogen (secondary N) is 1. The van der Waals surface area contributed by atoms with Crippen LogP contribution in [0.5, 0.6) is 23.0 Å². The van der Waals surface area contributed by atoms with E-state index in [-0.39, 0.29) is 45.5 Å². The first kappa shape index (κ1) is 27.4. The van der Waals surface area contributed by atoms with Crippen LogP contribution in [0.25, 0.3) is 10.8 Å². The Balaban J connectivity index is 2.41. The maximum atomic E-state index is 13.4. The first-order valence-electron chi connectivity index (χ1n) is 11.6. The van der Waals surface area contributed by atoms with Crippen LogP contribution in [0.15, 0.2) is 24.3 Å². The van der Waals surface area contributed by atoms with E-state index in [0.717, 1.165) is 6.07 Å². The quantitative estimate of drug-likeness (QED) is 0.264. The summed E-state index contributed by atoms with van der Waals surface area (Å²) in [5.74, 6) is -3.86. The Bertz CT molecular complexity index is 1410. The largest absolute Gasteiger partial charge is 0.507 e. The zero-order valence-electron chi connectivity index (χ0n) is 21.7. The zero-order chi connectivity index (χ0) is 28.0. The topological polar surface area (TPSA) is 177 Å². The van der Waals surface area contributed by atoms with Gasteiger partial charge >= 0.3 is 0 Å². The van der Waals surface area contributed by atoms with Crippen LogP contribution in [0.3, 0.4) is 0 Å². The van der Waals surface area contributed by atoms with E-state index in [9.17, 15) is 35.1 Å². The lowest BCUT2D eigenvalue weighted by molar-refractivity contribution is 0.0930. The second-order valence-electron chi connectivity index (χ2n) is 10.4. The second-order valence-corrected chi connectivity index (χ2v) is 10.4. The van der Waals surface area contributed by atoms with Gasteiger partial charge in [-0.3, -0.25) is 9.59 Å². The smallest absolute Gasteiger partial charge is 0.256 e. The lowest BCUT2D eigenvalue weighted by Gasteiger charge is -2.27. The van der Waals surface area contributed by atoms with Crippen molar-refractivity contribution in [3.05, 3.63) is 52.1 Å². The van der Waals surface area contributed by atoms with Gasteiger partial charge in [0, 0.05) is 31.8 Å². The molecule has 0 saturated heterocycles. The molecule has 0 spiro atoms. The first-order chi connectivity index (χ1) is 17.1. The van der Waals surface area contributed by atoms with Crippen LogP contribution in [0.2, 0.25) is 0 Å². The molecule has 10 heteroatoms. The number of benzene rings is 3. The minimum absolute atomic E-state index is 0.00395. The number of aryl methyl sites for hydroxylation is 1. The molecular formula is C27H33N3O7. The SMILES string of the molecule is Cc1c(C(O)c2cc(O)c(C(N)=O)c(O)c2N(C)C)c(C(=O)NCC(C)(C)C)c(O)c2c(O)cccc12. The number of anilines is 1. The van der Waals surface area contributed by atoms with Crippen LogP contribution in [0.1, 0.15) is 64.3 Å². The number of fused-ring (bicyclic) bond motifs is 1. The molecule has 0 aliphatic carbocycles. The third-order valence-electron chi connectivity index (χ3n) is 6.14. The van der Waals surface area contributed by atoms with Crippen LogP contribution >= 0.6 is 0 Å². The molecule has 0 aliphatic rings. The van der Waals surface area contributed by atoms with E-state index in [2.05, 4.69) is 5.32 Å². The lowest BCUT2D eigenvalue weighted by Crippen LogP contribution is -2.33. The average molecular weight is 512 g/mol. The molecule has 3 aromatic carbocycles. The Morgan fingerprint density at radius 1 is 1.03 bits per heavy atom. The molecule has 0 aromatic heterocycles. The maximum absolute atomic E-state index is 13.4. The van der Waals surface area contributed by atoms with Crippen molar-refractivity contribution in [1.29, 1.82) is 0 Å². The number of nitrogens with two attached hydrogens (primary N) is 1. The number of primary amides is 1. The lowest BCUT2D eigenvalue weighted by atomic mass is 9.86. The molecule has 198 valence electrons. The van der Waals surface area contributed by atoms with Crippen molar-refractivity contribution in [3.63, 3.8) is 0 Å². The predicted octanol–water partition coefficient (Wildman–Crippen LogP) is 2.99.